The third-order valence-electron chi connectivity index (χ3n) is 5.67. The zero-order valence-corrected chi connectivity index (χ0v) is 19.8. The molecule has 0 bridgehead atoms. The molecule has 10 heteroatoms. The van der Waals surface area contributed by atoms with Crippen LogP contribution >= 0.6 is 0 Å². The number of benzene rings is 3. The Hall–Kier alpha value is -3.37. The van der Waals surface area contributed by atoms with Gasteiger partial charge in [0.1, 0.15) is 0 Å². The van der Waals surface area contributed by atoms with Gasteiger partial charge in [-0.05, 0) is 34.9 Å². The first kappa shape index (κ1) is 28.2. The van der Waals surface area contributed by atoms with Gasteiger partial charge in [-0.3, -0.25) is 4.79 Å². The molecule has 0 spiro atoms. The molecule has 1 N–H and O–H groups in total. The normalized spacial score (nSPS) is 13.0. The zero-order valence-electron chi connectivity index (χ0n) is 19.8. The third-order valence-corrected chi connectivity index (χ3v) is 5.67. The van der Waals surface area contributed by atoms with Crippen LogP contribution in [0.1, 0.15) is 33.7 Å². The van der Waals surface area contributed by atoms with Crippen molar-refractivity contribution in [2.75, 3.05) is 20.3 Å². The maximum absolute atomic E-state index is 13.2. The van der Waals surface area contributed by atoms with Crippen LogP contribution in [0, 0.1) is 0 Å². The summed E-state index contributed by atoms with van der Waals surface area (Å²) in [4.78, 5) is 11.8. The van der Waals surface area contributed by atoms with Crippen molar-refractivity contribution in [3.63, 3.8) is 0 Å². The minimum absolute atomic E-state index is 0.0745. The van der Waals surface area contributed by atoms with Crippen LogP contribution in [0.25, 0.3) is 0 Å². The number of hydrogen-bond donors (Lipinski definition) is 1. The second-order valence-corrected chi connectivity index (χ2v) is 8.29. The number of carbonyl (C=O) groups is 1. The molecule has 0 aliphatic carbocycles. The van der Waals surface area contributed by atoms with Crippen molar-refractivity contribution in [2.45, 2.75) is 30.9 Å². The van der Waals surface area contributed by atoms with E-state index < -0.39 is 42.1 Å². The zero-order chi connectivity index (χ0) is 27.1. The fourth-order valence-corrected chi connectivity index (χ4v) is 3.94. The summed E-state index contributed by atoms with van der Waals surface area (Å²) in [6, 6.07) is 19.3. The summed E-state index contributed by atoms with van der Waals surface area (Å²) in [6.07, 6.45) is -9.90. The van der Waals surface area contributed by atoms with E-state index in [2.05, 4.69) is 5.32 Å². The van der Waals surface area contributed by atoms with Gasteiger partial charge in [0, 0.05) is 12.0 Å². The van der Waals surface area contributed by atoms with Crippen molar-refractivity contribution < 1.29 is 40.6 Å². The molecule has 3 rings (SSSR count). The standard InChI is InChI=1S/C27H25F6NO3/c1-36-24(35)15-34-23(25(19-8-4-2-5-9-19)20-10-6-3-7-11-20)17-37-16-18-12-21(26(28,29)30)14-22(13-18)27(31,32)33/h2-14,23,25,34H,15-17H2,1H3/t23-/m1/s1. The van der Waals surface area contributed by atoms with E-state index in [0.29, 0.717) is 12.1 Å². The summed E-state index contributed by atoms with van der Waals surface area (Å²) < 4.78 is 89.7. The van der Waals surface area contributed by atoms with Crippen molar-refractivity contribution >= 4 is 5.97 Å². The summed E-state index contributed by atoms with van der Waals surface area (Å²) in [6.45, 7) is -0.800. The highest BCUT2D eigenvalue weighted by Gasteiger charge is 2.37. The Morgan fingerprint density at radius 1 is 0.811 bits per heavy atom. The predicted molar refractivity (Wildman–Crippen MR) is 125 cm³/mol. The van der Waals surface area contributed by atoms with Gasteiger partial charge in [0.05, 0.1) is 38.0 Å². The largest absolute Gasteiger partial charge is 0.468 e. The number of methoxy groups -OCH3 is 1. The van der Waals surface area contributed by atoms with Gasteiger partial charge in [-0.2, -0.15) is 26.3 Å². The predicted octanol–water partition coefficient (Wildman–Crippen LogP) is 6.20. The molecule has 0 saturated carbocycles. The number of carbonyl (C=O) groups excluding carboxylic acids is 1. The van der Waals surface area contributed by atoms with Crippen LogP contribution in [0.15, 0.2) is 78.9 Å². The van der Waals surface area contributed by atoms with E-state index in [1.54, 1.807) is 0 Å². The molecule has 0 fully saturated rings. The lowest BCUT2D eigenvalue weighted by molar-refractivity contribution is -0.143. The van der Waals surface area contributed by atoms with E-state index in [0.717, 1.165) is 11.1 Å². The molecule has 0 amide bonds. The summed E-state index contributed by atoms with van der Waals surface area (Å²) >= 11 is 0. The third kappa shape index (κ3) is 8.06. The Labute approximate surface area is 210 Å². The van der Waals surface area contributed by atoms with E-state index in [9.17, 15) is 31.1 Å². The van der Waals surface area contributed by atoms with E-state index in [4.69, 9.17) is 9.47 Å². The Balaban J connectivity index is 1.89. The number of hydrogen-bond acceptors (Lipinski definition) is 4. The molecule has 0 saturated heterocycles. The minimum atomic E-state index is -4.95. The molecule has 4 nitrogen and oxygen atoms in total. The molecule has 1 atom stereocenters. The SMILES string of the molecule is COC(=O)CN[C@H](COCc1cc(C(F)(F)F)cc(C(F)(F)F)c1)C(c1ccccc1)c1ccccc1. The fourth-order valence-electron chi connectivity index (χ4n) is 3.94. The monoisotopic (exact) mass is 525 g/mol. The highest BCUT2D eigenvalue weighted by Crippen LogP contribution is 2.36. The topological polar surface area (TPSA) is 47.6 Å². The number of alkyl halides is 6. The average molecular weight is 525 g/mol. The number of halogens is 6. The van der Waals surface area contributed by atoms with E-state index >= 15 is 0 Å². The first-order chi connectivity index (χ1) is 17.5. The lowest BCUT2D eigenvalue weighted by Crippen LogP contribution is -2.42. The molecule has 0 aliphatic heterocycles. The van der Waals surface area contributed by atoms with E-state index in [-0.39, 0.29) is 30.7 Å². The summed E-state index contributed by atoms with van der Waals surface area (Å²) in [5, 5.41) is 3.07. The number of nitrogens with one attached hydrogen (secondary N) is 1. The first-order valence-electron chi connectivity index (χ1n) is 11.2. The Bertz CT molecular complexity index is 1080. The van der Waals surface area contributed by atoms with Gasteiger partial charge >= 0.3 is 18.3 Å². The van der Waals surface area contributed by atoms with Gasteiger partial charge in [0.25, 0.3) is 0 Å². The van der Waals surface area contributed by atoms with E-state index in [1.165, 1.54) is 7.11 Å². The van der Waals surface area contributed by atoms with Gasteiger partial charge in [-0.25, -0.2) is 0 Å². The Morgan fingerprint density at radius 3 is 1.73 bits per heavy atom. The van der Waals surface area contributed by atoms with Gasteiger partial charge in [0.15, 0.2) is 0 Å². The maximum Gasteiger partial charge on any atom is 0.416 e. The van der Waals surface area contributed by atoms with Gasteiger partial charge in [-0.1, -0.05) is 60.7 Å². The lowest BCUT2D eigenvalue weighted by Gasteiger charge is -2.29. The second kappa shape index (κ2) is 12.2. The molecule has 0 aromatic heterocycles. The van der Waals surface area contributed by atoms with Crippen LogP contribution in [-0.2, 0) is 33.2 Å². The van der Waals surface area contributed by atoms with Crippen LogP contribution < -0.4 is 5.32 Å². The van der Waals surface area contributed by atoms with E-state index in [1.807, 2.05) is 60.7 Å². The highest BCUT2D eigenvalue weighted by molar-refractivity contribution is 5.71. The quantitative estimate of drug-likeness (QED) is 0.253. The smallest absolute Gasteiger partial charge is 0.416 e. The lowest BCUT2D eigenvalue weighted by atomic mass is 9.85. The average Bonchev–Trinajstić information content (AvgIpc) is 2.87. The molecule has 37 heavy (non-hydrogen) atoms. The summed E-state index contributed by atoms with van der Waals surface area (Å²) in [5.74, 6) is -0.892. The highest BCUT2D eigenvalue weighted by atomic mass is 19.4. The van der Waals surface area contributed by atoms with Crippen LogP contribution in [0.4, 0.5) is 26.3 Å². The Morgan fingerprint density at radius 2 is 1.30 bits per heavy atom. The fraction of sp³-hybridized carbons (Fsp3) is 0.296. The number of ether oxygens (including phenoxy) is 2. The first-order valence-corrected chi connectivity index (χ1v) is 11.2. The second-order valence-electron chi connectivity index (χ2n) is 8.29. The van der Waals surface area contributed by atoms with Crippen molar-refractivity contribution in [2.24, 2.45) is 0 Å². The molecular formula is C27H25F6NO3. The maximum atomic E-state index is 13.2. The van der Waals surface area contributed by atoms with Crippen LogP contribution in [0.3, 0.4) is 0 Å². The van der Waals surface area contributed by atoms with Crippen LogP contribution in [-0.4, -0.2) is 32.3 Å². The van der Waals surface area contributed by atoms with Crippen molar-refractivity contribution in [1.29, 1.82) is 0 Å². The molecular weight excluding hydrogens is 500 g/mol. The van der Waals surface area contributed by atoms with Gasteiger partial charge in [-0.15, -0.1) is 0 Å². The molecule has 0 heterocycles. The molecule has 0 unspecified atom stereocenters. The molecule has 3 aromatic rings. The van der Waals surface area contributed by atoms with Gasteiger partial charge < -0.3 is 14.8 Å². The molecule has 198 valence electrons. The molecule has 0 radical (unpaired) electrons. The van der Waals surface area contributed by atoms with Gasteiger partial charge in [0.2, 0.25) is 0 Å². The molecule has 3 aromatic carbocycles. The minimum Gasteiger partial charge on any atom is -0.468 e. The van der Waals surface area contributed by atoms with Crippen LogP contribution in [0.2, 0.25) is 0 Å². The summed E-state index contributed by atoms with van der Waals surface area (Å²) in [5.41, 5.74) is -1.35. The van der Waals surface area contributed by atoms with Crippen LogP contribution in [0.5, 0.6) is 0 Å². The summed E-state index contributed by atoms with van der Waals surface area (Å²) in [7, 11) is 1.23. The number of rotatable bonds is 10. The Kier molecular flexibility index (Phi) is 9.34. The van der Waals surface area contributed by atoms with Crippen molar-refractivity contribution in [1.82, 2.24) is 5.32 Å². The van der Waals surface area contributed by atoms with Crippen molar-refractivity contribution in [3.05, 3.63) is 107 Å². The van der Waals surface area contributed by atoms with Crippen molar-refractivity contribution in [3.8, 4) is 0 Å². The molecule has 0 aliphatic rings. The number of esters is 1.